The van der Waals surface area contributed by atoms with Gasteiger partial charge in [-0.05, 0) is 13.3 Å². The highest BCUT2D eigenvalue weighted by atomic mass is 127. The number of halogens is 1. The summed E-state index contributed by atoms with van der Waals surface area (Å²) in [5, 5.41) is 0. The third-order valence-electron chi connectivity index (χ3n) is 1.43. The van der Waals surface area contributed by atoms with Crippen LogP contribution in [0.5, 0.6) is 0 Å². The summed E-state index contributed by atoms with van der Waals surface area (Å²) in [4.78, 5) is 10.5. The Bertz CT molecular complexity index is 122. The molecule has 52 valence electrons. The van der Waals surface area contributed by atoms with Gasteiger partial charge in [0.05, 0.1) is 0 Å². The van der Waals surface area contributed by atoms with Gasteiger partial charge in [0.25, 0.3) is 0 Å². The molecule has 2 nitrogen and oxygen atoms in total. The molecule has 0 N–H and O–H groups in total. The van der Waals surface area contributed by atoms with E-state index in [4.69, 9.17) is 4.74 Å². The molecule has 1 aliphatic rings. The van der Waals surface area contributed by atoms with Gasteiger partial charge in [-0.1, -0.05) is 22.6 Å². The van der Waals surface area contributed by atoms with Gasteiger partial charge in [-0.3, -0.25) is 4.79 Å². The largest absolute Gasteiger partial charge is 0.461 e. The quantitative estimate of drug-likeness (QED) is 0.394. The van der Waals surface area contributed by atoms with Crippen molar-refractivity contribution in [3.63, 3.8) is 0 Å². The van der Waals surface area contributed by atoms with E-state index >= 15 is 0 Å². The van der Waals surface area contributed by atoms with Crippen LogP contribution >= 0.6 is 22.6 Å². The highest BCUT2D eigenvalue weighted by Crippen LogP contribution is 2.21. The zero-order valence-corrected chi connectivity index (χ0v) is 7.42. The summed E-state index contributed by atoms with van der Waals surface area (Å²) in [7, 11) is 0. The first-order valence-corrected chi connectivity index (χ1v) is 4.28. The van der Waals surface area contributed by atoms with Crippen molar-refractivity contribution >= 4 is 28.6 Å². The van der Waals surface area contributed by atoms with E-state index in [0.717, 1.165) is 6.42 Å². The van der Waals surface area contributed by atoms with Crippen LogP contribution in [0.2, 0.25) is 0 Å². The molecule has 3 heteroatoms. The van der Waals surface area contributed by atoms with Crippen molar-refractivity contribution in [2.45, 2.75) is 29.8 Å². The lowest BCUT2D eigenvalue weighted by Gasteiger charge is -2.09. The fourth-order valence-electron chi connectivity index (χ4n) is 0.870. The van der Waals surface area contributed by atoms with Crippen molar-refractivity contribution in [1.29, 1.82) is 0 Å². The Kier molecular flexibility index (Phi) is 2.32. The third-order valence-corrected chi connectivity index (χ3v) is 2.23. The van der Waals surface area contributed by atoms with Crippen LogP contribution in [-0.2, 0) is 9.53 Å². The van der Waals surface area contributed by atoms with E-state index in [2.05, 4.69) is 29.5 Å². The van der Waals surface area contributed by atoms with Crippen molar-refractivity contribution < 1.29 is 9.53 Å². The number of carbonyl (C=O) groups is 1. The fourth-order valence-corrected chi connectivity index (χ4v) is 1.38. The average Bonchev–Trinajstić information content (AvgIpc) is 2.14. The number of hydrogen-bond donors (Lipinski definition) is 0. The van der Waals surface area contributed by atoms with Gasteiger partial charge in [0.15, 0.2) is 0 Å². The lowest BCUT2D eigenvalue weighted by Crippen LogP contribution is -2.16. The van der Waals surface area contributed by atoms with Crippen molar-refractivity contribution in [3.8, 4) is 0 Å². The van der Waals surface area contributed by atoms with E-state index in [1.54, 1.807) is 0 Å². The molecule has 0 aromatic rings. The minimum absolute atomic E-state index is 0.0384. The van der Waals surface area contributed by atoms with Crippen LogP contribution in [0.1, 0.15) is 19.8 Å². The summed E-state index contributed by atoms with van der Waals surface area (Å²) >= 11 is 2.28. The molecule has 1 fully saturated rings. The second kappa shape index (κ2) is 2.86. The Balaban J connectivity index is 2.39. The molecule has 0 saturated carbocycles. The molecule has 0 aromatic heterocycles. The molecular formula is C6H9IO2. The molecule has 0 aromatic carbocycles. The molecule has 0 amide bonds. The summed E-state index contributed by atoms with van der Waals surface area (Å²) in [6, 6.07) is 0. The van der Waals surface area contributed by atoms with Crippen LogP contribution in [0.4, 0.5) is 0 Å². The topological polar surface area (TPSA) is 26.3 Å². The minimum Gasteiger partial charge on any atom is -0.461 e. The van der Waals surface area contributed by atoms with Gasteiger partial charge >= 0.3 is 5.97 Å². The number of ether oxygens (including phenoxy) is 1. The molecule has 1 rings (SSSR count). The maximum Gasteiger partial charge on any atom is 0.306 e. The number of alkyl halides is 1. The van der Waals surface area contributed by atoms with Gasteiger partial charge in [0.2, 0.25) is 0 Å². The lowest BCUT2D eigenvalue weighted by molar-refractivity contribution is -0.141. The van der Waals surface area contributed by atoms with Crippen LogP contribution in [-0.4, -0.2) is 16.0 Å². The zero-order chi connectivity index (χ0) is 6.85. The van der Waals surface area contributed by atoms with Gasteiger partial charge in [-0.25, -0.2) is 0 Å². The summed E-state index contributed by atoms with van der Waals surface area (Å²) in [5.41, 5.74) is 0. The smallest absolute Gasteiger partial charge is 0.306 e. The Morgan fingerprint density at radius 1 is 1.89 bits per heavy atom. The summed E-state index contributed by atoms with van der Waals surface area (Å²) in [6.45, 7) is 2.06. The van der Waals surface area contributed by atoms with Crippen molar-refractivity contribution in [3.05, 3.63) is 0 Å². The zero-order valence-electron chi connectivity index (χ0n) is 5.26. The first kappa shape index (κ1) is 7.31. The highest BCUT2D eigenvalue weighted by Gasteiger charge is 2.26. The predicted octanol–water partition coefficient (Wildman–Crippen LogP) is 1.52. The number of rotatable bonds is 1. The van der Waals surface area contributed by atoms with E-state index in [-0.39, 0.29) is 12.1 Å². The van der Waals surface area contributed by atoms with Crippen LogP contribution in [0, 0.1) is 0 Å². The molecule has 1 saturated heterocycles. The molecule has 1 heterocycles. The monoisotopic (exact) mass is 240 g/mol. The number of cyclic esters (lactones) is 1. The van der Waals surface area contributed by atoms with Crippen LogP contribution in [0.15, 0.2) is 0 Å². The molecule has 0 radical (unpaired) electrons. The van der Waals surface area contributed by atoms with E-state index in [0.29, 0.717) is 10.3 Å². The van der Waals surface area contributed by atoms with E-state index < -0.39 is 0 Å². The molecule has 2 atom stereocenters. The van der Waals surface area contributed by atoms with E-state index in [1.165, 1.54) is 0 Å². The van der Waals surface area contributed by atoms with Crippen molar-refractivity contribution in [2.24, 2.45) is 0 Å². The van der Waals surface area contributed by atoms with E-state index in [9.17, 15) is 4.79 Å². The lowest BCUT2D eigenvalue weighted by atomic mass is 10.2. The molecule has 9 heavy (non-hydrogen) atoms. The summed E-state index contributed by atoms with van der Waals surface area (Å²) < 4.78 is 5.43. The summed E-state index contributed by atoms with van der Waals surface area (Å²) in [6.07, 6.45) is 1.69. The Hall–Kier alpha value is 0.200. The SMILES string of the molecule is C[C@@H](I)[C@@H]1CCC(=O)O1. The molecule has 0 aliphatic carbocycles. The first-order valence-electron chi connectivity index (χ1n) is 3.03. The van der Waals surface area contributed by atoms with Crippen LogP contribution in [0.3, 0.4) is 0 Å². The molecule has 0 unspecified atom stereocenters. The molecule has 0 spiro atoms. The Labute approximate surface area is 68.1 Å². The normalized spacial score (nSPS) is 30.0. The van der Waals surface area contributed by atoms with Gasteiger partial charge < -0.3 is 4.74 Å². The molecular weight excluding hydrogens is 231 g/mol. The van der Waals surface area contributed by atoms with Gasteiger partial charge in [0.1, 0.15) is 6.10 Å². The highest BCUT2D eigenvalue weighted by molar-refractivity contribution is 14.1. The van der Waals surface area contributed by atoms with Gasteiger partial charge in [0, 0.05) is 10.3 Å². The molecule has 1 aliphatic heterocycles. The number of esters is 1. The minimum atomic E-state index is -0.0384. The predicted molar refractivity (Wildman–Crippen MR) is 42.6 cm³/mol. The first-order chi connectivity index (χ1) is 4.20. The van der Waals surface area contributed by atoms with Gasteiger partial charge in [-0.15, -0.1) is 0 Å². The second-order valence-corrected chi connectivity index (χ2v) is 4.21. The Morgan fingerprint density at radius 2 is 2.56 bits per heavy atom. The van der Waals surface area contributed by atoms with E-state index in [1.807, 2.05) is 0 Å². The maximum absolute atomic E-state index is 10.5. The third kappa shape index (κ3) is 1.81. The Morgan fingerprint density at radius 3 is 2.78 bits per heavy atom. The number of hydrogen-bond acceptors (Lipinski definition) is 2. The summed E-state index contributed by atoms with van der Waals surface area (Å²) in [5.74, 6) is -0.0384. The average molecular weight is 240 g/mol. The van der Waals surface area contributed by atoms with Crippen molar-refractivity contribution in [2.75, 3.05) is 0 Å². The van der Waals surface area contributed by atoms with Crippen LogP contribution < -0.4 is 0 Å². The van der Waals surface area contributed by atoms with Crippen LogP contribution in [0.25, 0.3) is 0 Å². The van der Waals surface area contributed by atoms with Crippen molar-refractivity contribution in [1.82, 2.24) is 0 Å². The number of carbonyl (C=O) groups excluding carboxylic acids is 1. The fraction of sp³-hybridized carbons (Fsp3) is 0.833. The van der Waals surface area contributed by atoms with Gasteiger partial charge in [-0.2, -0.15) is 0 Å². The second-order valence-electron chi connectivity index (χ2n) is 2.24. The maximum atomic E-state index is 10.5. The molecule has 0 bridgehead atoms. The standard InChI is InChI=1S/C6H9IO2/c1-4(7)5-2-3-6(8)9-5/h4-5H,2-3H2,1H3/t4-,5+/m1/s1.